The molecule has 0 aromatic heterocycles. The highest BCUT2D eigenvalue weighted by molar-refractivity contribution is 5.34. The zero-order chi connectivity index (χ0) is 9.10. The summed E-state index contributed by atoms with van der Waals surface area (Å²) >= 11 is 0. The fraction of sp³-hybridized carbons (Fsp3) is 0.333. The lowest BCUT2D eigenvalue weighted by molar-refractivity contribution is -0.00000264. The second kappa shape index (κ2) is 5.05. The molecule has 2 heteroatoms. The molecule has 1 unspecified atom stereocenters. The van der Waals surface area contributed by atoms with Crippen LogP contribution in [0.15, 0.2) is 24.3 Å². The van der Waals surface area contributed by atoms with Gasteiger partial charge in [-0.15, -0.1) is 6.42 Å². The van der Waals surface area contributed by atoms with E-state index in [1.54, 1.807) is 0 Å². The van der Waals surface area contributed by atoms with E-state index in [9.17, 15) is 0 Å². The maximum atomic E-state index is 5.21. The lowest BCUT2D eigenvalue weighted by Crippen LogP contribution is -3.00. The third-order valence-electron chi connectivity index (χ3n) is 2.58. The SMILES string of the molecule is C#CCNC1CCc2ccccc21.[Cl-]. The smallest absolute Gasteiger partial charge is 0.0578 e. The van der Waals surface area contributed by atoms with Gasteiger partial charge in [-0.2, -0.15) is 0 Å². The predicted molar refractivity (Wildman–Crippen MR) is 54.3 cm³/mol. The molecule has 1 aliphatic carbocycles. The van der Waals surface area contributed by atoms with Crippen LogP contribution in [0.5, 0.6) is 0 Å². The van der Waals surface area contributed by atoms with Gasteiger partial charge in [0.15, 0.2) is 0 Å². The van der Waals surface area contributed by atoms with Crippen molar-refractivity contribution >= 4 is 0 Å². The van der Waals surface area contributed by atoms with Gasteiger partial charge in [0.25, 0.3) is 0 Å². The van der Waals surface area contributed by atoms with E-state index < -0.39 is 0 Å². The van der Waals surface area contributed by atoms with E-state index in [0.717, 1.165) is 0 Å². The van der Waals surface area contributed by atoms with E-state index in [2.05, 4.69) is 35.5 Å². The molecular weight excluding hydrogens is 194 g/mol. The number of halogens is 1. The number of hydrogen-bond donors (Lipinski definition) is 1. The Bertz CT molecular complexity index is 340. The third-order valence-corrected chi connectivity index (χ3v) is 2.58. The average Bonchev–Trinajstić information content (AvgIpc) is 2.58. The third kappa shape index (κ3) is 2.09. The van der Waals surface area contributed by atoms with Crippen LogP contribution in [0.3, 0.4) is 0 Å². The van der Waals surface area contributed by atoms with Crippen LogP contribution in [0.2, 0.25) is 0 Å². The first-order valence-corrected chi connectivity index (χ1v) is 4.66. The number of aryl methyl sites for hydroxylation is 1. The van der Waals surface area contributed by atoms with E-state index in [1.165, 1.54) is 24.0 Å². The first kappa shape index (κ1) is 11.1. The summed E-state index contributed by atoms with van der Waals surface area (Å²) in [5.74, 6) is 2.61. The molecule has 0 radical (unpaired) electrons. The summed E-state index contributed by atoms with van der Waals surface area (Å²) in [6, 6.07) is 9.06. The lowest BCUT2D eigenvalue weighted by atomic mass is 10.1. The summed E-state index contributed by atoms with van der Waals surface area (Å²) in [7, 11) is 0. The molecule has 0 amide bonds. The van der Waals surface area contributed by atoms with Crippen molar-refractivity contribution in [1.82, 2.24) is 5.32 Å². The van der Waals surface area contributed by atoms with Gasteiger partial charge in [-0.1, -0.05) is 30.2 Å². The van der Waals surface area contributed by atoms with E-state index in [0.29, 0.717) is 12.6 Å². The van der Waals surface area contributed by atoms with Crippen LogP contribution in [-0.4, -0.2) is 6.54 Å². The van der Waals surface area contributed by atoms with Crippen LogP contribution in [0.4, 0.5) is 0 Å². The Labute approximate surface area is 91.3 Å². The Morgan fingerprint density at radius 3 is 3.00 bits per heavy atom. The van der Waals surface area contributed by atoms with E-state index >= 15 is 0 Å². The maximum Gasteiger partial charge on any atom is 0.0578 e. The minimum Gasteiger partial charge on any atom is -1.00 e. The van der Waals surface area contributed by atoms with Crippen molar-refractivity contribution in [2.75, 3.05) is 6.54 Å². The number of hydrogen-bond acceptors (Lipinski definition) is 1. The fourth-order valence-electron chi connectivity index (χ4n) is 1.95. The summed E-state index contributed by atoms with van der Waals surface area (Å²) in [6.07, 6.45) is 7.57. The molecule has 74 valence electrons. The Morgan fingerprint density at radius 2 is 2.21 bits per heavy atom. The predicted octanol–water partition coefficient (Wildman–Crippen LogP) is -1.10. The standard InChI is InChI=1S/C12H13N.ClH/c1-2-9-13-12-8-7-10-5-3-4-6-11(10)12;/h1,3-6,12-13H,7-9H2;1H/p-1. The monoisotopic (exact) mass is 206 g/mol. The molecule has 1 aliphatic rings. The molecule has 0 aliphatic heterocycles. The highest BCUT2D eigenvalue weighted by Crippen LogP contribution is 2.30. The Kier molecular flexibility index (Phi) is 4.00. The van der Waals surface area contributed by atoms with Crippen LogP contribution in [0, 0.1) is 12.3 Å². The van der Waals surface area contributed by atoms with Crippen LogP contribution in [-0.2, 0) is 6.42 Å². The number of fused-ring (bicyclic) bond motifs is 1. The van der Waals surface area contributed by atoms with Crippen molar-refractivity contribution < 1.29 is 12.4 Å². The number of rotatable bonds is 2. The van der Waals surface area contributed by atoms with Gasteiger partial charge in [0.05, 0.1) is 6.54 Å². The van der Waals surface area contributed by atoms with Crippen molar-refractivity contribution in [3.63, 3.8) is 0 Å². The molecule has 0 saturated carbocycles. The molecule has 1 aromatic rings. The van der Waals surface area contributed by atoms with Gasteiger partial charge in [-0.3, -0.25) is 5.32 Å². The number of terminal acetylenes is 1. The second-order valence-electron chi connectivity index (χ2n) is 3.38. The summed E-state index contributed by atoms with van der Waals surface area (Å²) in [4.78, 5) is 0. The molecule has 14 heavy (non-hydrogen) atoms. The summed E-state index contributed by atoms with van der Waals surface area (Å²) in [6.45, 7) is 0.666. The number of benzene rings is 1. The molecule has 1 aromatic carbocycles. The first-order valence-electron chi connectivity index (χ1n) is 4.66. The second-order valence-corrected chi connectivity index (χ2v) is 3.38. The molecule has 1 N–H and O–H groups in total. The largest absolute Gasteiger partial charge is 1.00 e. The van der Waals surface area contributed by atoms with Gasteiger partial charge in [0.1, 0.15) is 0 Å². The van der Waals surface area contributed by atoms with Crippen molar-refractivity contribution in [3.8, 4) is 12.3 Å². The van der Waals surface area contributed by atoms with E-state index in [-0.39, 0.29) is 12.4 Å². The van der Waals surface area contributed by atoms with Crippen molar-refractivity contribution in [2.24, 2.45) is 0 Å². The molecule has 0 saturated heterocycles. The minimum atomic E-state index is 0. The molecule has 0 spiro atoms. The highest BCUT2D eigenvalue weighted by atomic mass is 35.5. The van der Waals surface area contributed by atoms with E-state index in [1.807, 2.05) is 0 Å². The van der Waals surface area contributed by atoms with Gasteiger partial charge in [-0.25, -0.2) is 0 Å². The zero-order valence-electron chi connectivity index (χ0n) is 7.96. The number of nitrogens with one attached hydrogen (secondary N) is 1. The van der Waals surface area contributed by atoms with Gasteiger partial charge in [-0.05, 0) is 24.0 Å². The summed E-state index contributed by atoms with van der Waals surface area (Å²) < 4.78 is 0. The first-order chi connectivity index (χ1) is 6.42. The molecule has 0 fully saturated rings. The van der Waals surface area contributed by atoms with Crippen molar-refractivity contribution in [1.29, 1.82) is 0 Å². The van der Waals surface area contributed by atoms with Crippen molar-refractivity contribution in [2.45, 2.75) is 18.9 Å². The van der Waals surface area contributed by atoms with Crippen LogP contribution in [0.25, 0.3) is 0 Å². The van der Waals surface area contributed by atoms with Gasteiger partial charge >= 0.3 is 0 Å². The van der Waals surface area contributed by atoms with E-state index in [4.69, 9.17) is 6.42 Å². The van der Waals surface area contributed by atoms with Gasteiger partial charge in [0.2, 0.25) is 0 Å². The molecular formula is C12H13ClN-. The van der Waals surface area contributed by atoms with Crippen LogP contribution in [0.1, 0.15) is 23.6 Å². The molecule has 1 nitrogen and oxygen atoms in total. The average molecular weight is 207 g/mol. The normalized spacial score (nSPS) is 18.1. The topological polar surface area (TPSA) is 12.0 Å². The zero-order valence-corrected chi connectivity index (χ0v) is 8.72. The lowest BCUT2D eigenvalue weighted by Gasteiger charge is -2.10. The quantitative estimate of drug-likeness (QED) is 0.606. The maximum absolute atomic E-state index is 5.21. The highest BCUT2D eigenvalue weighted by Gasteiger charge is 2.20. The van der Waals surface area contributed by atoms with Crippen LogP contribution >= 0.6 is 0 Å². The van der Waals surface area contributed by atoms with Gasteiger partial charge < -0.3 is 12.4 Å². The summed E-state index contributed by atoms with van der Waals surface area (Å²) in [5.41, 5.74) is 2.90. The van der Waals surface area contributed by atoms with Crippen molar-refractivity contribution in [3.05, 3.63) is 35.4 Å². The summed E-state index contributed by atoms with van der Waals surface area (Å²) in [5, 5.41) is 3.35. The van der Waals surface area contributed by atoms with Crippen LogP contribution < -0.4 is 17.7 Å². The fourth-order valence-corrected chi connectivity index (χ4v) is 1.95. The molecule has 2 rings (SSSR count). The molecule has 1 atom stereocenters. The minimum absolute atomic E-state index is 0. The molecule has 0 bridgehead atoms. The van der Waals surface area contributed by atoms with Gasteiger partial charge in [0, 0.05) is 6.04 Å². The Hall–Kier alpha value is -0.970. The molecule has 0 heterocycles. The Balaban J connectivity index is 0.000000980. The Morgan fingerprint density at radius 1 is 1.43 bits per heavy atom.